The summed E-state index contributed by atoms with van der Waals surface area (Å²) in [5.74, 6) is -0.472. The maximum absolute atomic E-state index is 10.7. The summed E-state index contributed by atoms with van der Waals surface area (Å²) >= 11 is 0. The fraction of sp³-hybridized carbons (Fsp3) is 0.750. The number of carbonyl (C=O) groups is 1. The van der Waals surface area contributed by atoms with Gasteiger partial charge in [-0.05, 0) is 0 Å². The molecule has 5 atom stereocenters. The Balaban J connectivity index is -0.0000000643. The second kappa shape index (κ2) is 4.67. The van der Waals surface area contributed by atoms with E-state index in [0.29, 0.717) is 6.29 Å². The number of amides is 1. The van der Waals surface area contributed by atoms with Crippen molar-refractivity contribution in [1.29, 1.82) is 0 Å². The molecule has 0 aliphatic carbocycles. The molecule has 0 aromatic carbocycles. The number of aliphatic hydroxyl groups excluding tert-OH is 3. The zero-order valence-electron chi connectivity index (χ0n) is 15.1. The first-order valence-electron chi connectivity index (χ1n) is 4.41. The molecule has 0 unspecified atom stereocenters. The Kier molecular flexibility index (Phi) is 3.75. The molecule has 1 rings (SSSR count). The van der Waals surface area contributed by atoms with Gasteiger partial charge in [-0.3, -0.25) is 9.59 Å². The summed E-state index contributed by atoms with van der Waals surface area (Å²) in [7, 11) is 0. The molecule has 7 nitrogen and oxygen atoms in total. The lowest BCUT2D eigenvalue weighted by Gasteiger charge is -2.37. The SMILES string of the molecule is CC(=O)N[C@@H]1[C@@H](O)[C@H](O)[C@@H](C=[OH+])O[C@H]1O.[H+].[H+].[H+].[H+].[H+].[H+].[H+]. The van der Waals surface area contributed by atoms with Crippen LogP contribution >= 0.6 is 0 Å². The van der Waals surface area contributed by atoms with Crippen LogP contribution in [0.2, 0.25) is 0 Å². The first-order chi connectivity index (χ1) is 6.97. The zero-order valence-corrected chi connectivity index (χ0v) is 8.07. The molecular formula is C8H21NO6+8. The maximum atomic E-state index is 10.7. The van der Waals surface area contributed by atoms with Gasteiger partial charge in [-0.1, -0.05) is 0 Å². The molecule has 0 bridgehead atoms. The molecule has 0 aromatic heterocycles. The van der Waals surface area contributed by atoms with Gasteiger partial charge in [0.25, 0.3) is 0 Å². The molecule has 1 heterocycles. The van der Waals surface area contributed by atoms with Gasteiger partial charge in [0, 0.05) is 6.92 Å². The Hall–Kier alpha value is -1.02. The summed E-state index contributed by atoms with van der Waals surface area (Å²) in [5, 5.41) is 30.5. The number of rotatable bonds is 2. The van der Waals surface area contributed by atoms with E-state index >= 15 is 0 Å². The third-order valence-corrected chi connectivity index (χ3v) is 2.18. The van der Waals surface area contributed by atoms with Gasteiger partial charge in [-0.25, -0.2) is 0 Å². The molecule has 0 saturated carbocycles. The van der Waals surface area contributed by atoms with Crippen LogP contribution in [0, 0.1) is 0 Å². The number of aliphatic hydroxyl groups is 3. The summed E-state index contributed by atoms with van der Waals surface area (Å²) in [6.07, 6.45) is -4.96. The smallest absolute Gasteiger partial charge is 0.388 e. The van der Waals surface area contributed by atoms with Gasteiger partial charge in [-0.15, -0.1) is 0 Å². The summed E-state index contributed by atoms with van der Waals surface area (Å²) in [6.45, 7) is 1.20. The second-order valence-electron chi connectivity index (χ2n) is 3.35. The molecule has 1 aliphatic rings. The highest BCUT2D eigenvalue weighted by molar-refractivity contribution is 5.73. The Morgan fingerprint density at radius 2 is 2.07 bits per heavy atom. The Morgan fingerprint density at radius 3 is 2.53 bits per heavy atom. The maximum Gasteiger partial charge on any atom is 1.00 e. The number of hydrogen-bond donors (Lipinski definition) is 4. The number of ether oxygens (including phenoxy) is 1. The minimum Gasteiger partial charge on any atom is -0.388 e. The predicted octanol–water partition coefficient (Wildman–Crippen LogP) is -2.11. The monoisotopic (exact) mass is 227 g/mol. The van der Waals surface area contributed by atoms with Gasteiger partial charge in [0.2, 0.25) is 5.91 Å². The highest BCUT2D eigenvalue weighted by atomic mass is 16.6. The van der Waals surface area contributed by atoms with Crippen LogP contribution in [0.25, 0.3) is 0 Å². The van der Waals surface area contributed by atoms with Crippen molar-refractivity contribution < 1.29 is 39.6 Å². The number of carbonyl (C=O) groups excluding carboxylic acids is 2. The van der Waals surface area contributed by atoms with E-state index in [-0.39, 0.29) is 9.99 Å². The van der Waals surface area contributed by atoms with Crippen molar-refractivity contribution in [3.05, 3.63) is 0 Å². The average Bonchev–Trinajstić information content (AvgIpc) is 2.18. The number of aldehydes is 1. The Morgan fingerprint density at radius 1 is 1.47 bits per heavy atom. The van der Waals surface area contributed by atoms with Gasteiger partial charge in [0.1, 0.15) is 18.2 Å². The van der Waals surface area contributed by atoms with E-state index in [1.54, 1.807) is 0 Å². The molecule has 1 fully saturated rings. The summed E-state index contributed by atoms with van der Waals surface area (Å²) in [5.41, 5.74) is 0. The fourth-order valence-corrected chi connectivity index (χ4v) is 1.42. The summed E-state index contributed by atoms with van der Waals surface area (Å²) < 4.78 is 4.76. The molecule has 1 aliphatic heterocycles. The molecule has 1 amide bonds. The third-order valence-electron chi connectivity index (χ3n) is 2.18. The quantitative estimate of drug-likeness (QED) is 0.318. The van der Waals surface area contributed by atoms with Gasteiger partial charge in [0.05, 0.1) is 0 Å². The molecule has 86 valence electrons. The van der Waals surface area contributed by atoms with E-state index in [0.717, 1.165) is 0 Å². The molecule has 15 heavy (non-hydrogen) atoms. The molecule has 0 spiro atoms. The molecule has 1 saturated heterocycles. The van der Waals surface area contributed by atoms with Crippen molar-refractivity contribution in [3.8, 4) is 0 Å². The van der Waals surface area contributed by atoms with E-state index < -0.39 is 36.6 Å². The van der Waals surface area contributed by atoms with Crippen molar-refractivity contribution in [1.82, 2.24) is 5.32 Å². The molecular weight excluding hydrogens is 206 g/mol. The number of nitrogens with one attached hydrogen (secondary N) is 1. The van der Waals surface area contributed by atoms with E-state index in [9.17, 15) is 20.1 Å². The minimum absolute atomic E-state index is 0. The van der Waals surface area contributed by atoms with E-state index in [4.69, 9.17) is 9.53 Å². The minimum atomic E-state index is -1.49. The molecule has 7 heteroatoms. The predicted molar refractivity (Wildman–Crippen MR) is 56.3 cm³/mol. The Bertz CT molecular complexity index is 277. The molecule has 0 aromatic rings. The van der Waals surface area contributed by atoms with Crippen LogP contribution in [0.15, 0.2) is 0 Å². The second-order valence-corrected chi connectivity index (χ2v) is 3.35. The van der Waals surface area contributed by atoms with Crippen LogP contribution in [0.1, 0.15) is 16.9 Å². The zero-order chi connectivity index (χ0) is 11.6. The first-order valence-corrected chi connectivity index (χ1v) is 4.41. The highest BCUT2D eigenvalue weighted by Gasteiger charge is 2.45. The van der Waals surface area contributed by atoms with Crippen molar-refractivity contribution in [2.75, 3.05) is 0 Å². The van der Waals surface area contributed by atoms with Crippen LogP contribution in [-0.4, -0.2) is 63.0 Å². The third kappa shape index (κ3) is 2.51. The van der Waals surface area contributed by atoms with Crippen LogP contribution in [-0.2, 0) is 9.53 Å². The largest absolute Gasteiger partial charge is 1.00 e. The summed E-state index contributed by atoms with van der Waals surface area (Å²) in [4.78, 5) is 19.4. The van der Waals surface area contributed by atoms with Crippen molar-refractivity contribution in [3.63, 3.8) is 0 Å². The number of hydrogen-bond acceptors (Lipinski definition) is 5. The normalized spacial score (nSPS) is 40.9. The lowest BCUT2D eigenvalue weighted by molar-refractivity contribution is -0.229. The lowest BCUT2D eigenvalue weighted by Crippen LogP contribution is -2.63. The van der Waals surface area contributed by atoms with Crippen LogP contribution < -0.4 is 5.32 Å². The lowest BCUT2D eigenvalue weighted by atomic mass is 9.97. The first kappa shape index (κ1) is 12.1. The van der Waals surface area contributed by atoms with Gasteiger partial charge in [0.15, 0.2) is 12.4 Å². The van der Waals surface area contributed by atoms with Gasteiger partial charge >= 0.3 is 16.3 Å². The topological polar surface area (TPSA) is 120 Å². The van der Waals surface area contributed by atoms with Crippen LogP contribution in [0.4, 0.5) is 0 Å². The summed E-state index contributed by atoms with van der Waals surface area (Å²) in [6, 6.07) is -1.12. The van der Waals surface area contributed by atoms with Crippen LogP contribution in [0.3, 0.4) is 0 Å². The van der Waals surface area contributed by atoms with E-state index in [1.807, 2.05) is 0 Å². The van der Waals surface area contributed by atoms with Crippen molar-refractivity contribution in [2.24, 2.45) is 0 Å². The molecule has 5 N–H and O–H groups in total. The van der Waals surface area contributed by atoms with Crippen LogP contribution in [0.5, 0.6) is 0 Å². The van der Waals surface area contributed by atoms with Gasteiger partial charge in [-0.2, -0.15) is 0 Å². The van der Waals surface area contributed by atoms with E-state index in [1.165, 1.54) is 6.92 Å². The van der Waals surface area contributed by atoms with E-state index in [2.05, 4.69) is 5.32 Å². The fourth-order valence-electron chi connectivity index (χ4n) is 1.42. The molecule has 0 radical (unpaired) electrons. The standard InChI is InChI=1S/C8H13NO6/c1-3(11)9-5-7(13)6(12)4(2-10)15-8(5)14/h2,4-8,12-14H,1H3,(H,9,11)/p+8/t4-,5-,6-,7-,8-/m1/s1. The highest BCUT2D eigenvalue weighted by Crippen LogP contribution is 2.18. The average molecular weight is 227 g/mol. The van der Waals surface area contributed by atoms with Crippen molar-refractivity contribution >= 4 is 12.2 Å². The Labute approximate surface area is 96.1 Å². The van der Waals surface area contributed by atoms with Crippen molar-refractivity contribution in [2.45, 2.75) is 37.6 Å². The van der Waals surface area contributed by atoms with Gasteiger partial charge < -0.3 is 25.4 Å².